The molecule has 0 saturated heterocycles. The third-order valence-electron chi connectivity index (χ3n) is 2.69. The molecule has 0 aliphatic rings. The molecule has 1 rings (SSSR count). The summed E-state index contributed by atoms with van der Waals surface area (Å²) in [5, 5.41) is 10.4. The van der Waals surface area contributed by atoms with Gasteiger partial charge in [0.05, 0.1) is 11.0 Å². The molecule has 0 unspecified atom stereocenters. The van der Waals surface area contributed by atoms with Crippen molar-refractivity contribution in [3.05, 3.63) is 34.1 Å². The Morgan fingerprint density at radius 3 is 2.56 bits per heavy atom. The van der Waals surface area contributed by atoms with Crippen LogP contribution in [0.1, 0.15) is 13.8 Å². The summed E-state index contributed by atoms with van der Waals surface area (Å²) >= 11 is 0. The van der Waals surface area contributed by atoms with Gasteiger partial charge in [0.1, 0.15) is 6.61 Å². The number of nitrogens with zero attached hydrogens (tertiary/aromatic N) is 2. The van der Waals surface area contributed by atoms with E-state index in [0.29, 0.717) is 13.2 Å². The Labute approximate surface area is 105 Å². The van der Waals surface area contributed by atoms with Gasteiger partial charge in [0, 0.05) is 12.6 Å². The number of hydrogen-bond acceptors (Lipinski definition) is 4. The van der Waals surface area contributed by atoms with Gasteiger partial charge in [-0.25, -0.2) is 4.39 Å². The van der Waals surface area contributed by atoms with Crippen molar-refractivity contribution in [1.82, 2.24) is 4.90 Å². The lowest BCUT2D eigenvalue weighted by Gasteiger charge is -2.18. The second-order valence-electron chi connectivity index (χ2n) is 3.75. The Hall–Kier alpha value is -1.69. The first-order valence-corrected chi connectivity index (χ1v) is 5.87. The molecule has 0 aromatic heterocycles. The molecule has 1 aromatic rings. The predicted molar refractivity (Wildman–Crippen MR) is 66.3 cm³/mol. The maximum Gasteiger partial charge on any atom is 0.272 e. The van der Waals surface area contributed by atoms with Gasteiger partial charge in [-0.15, -0.1) is 0 Å². The molecule has 6 heteroatoms. The van der Waals surface area contributed by atoms with Gasteiger partial charge in [-0.2, -0.15) is 0 Å². The number of benzene rings is 1. The lowest BCUT2D eigenvalue weighted by molar-refractivity contribution is -0.385. The smallest absolute Gasteiger partial charge is 0.272 e. The number of likely N-dealkylation sites (N-methyl/N-ethyl adjacent to an activating group) is 1. The van der Waals surface area contributed by atoms with Crippen molar-refractivity contribution >= 4 is 5.69 Å². The van der Waals surface area contributed by atoms with Crippen LogP contribution in [0.5, 0.6) is 5.75 Å². The lowest BCUT2D eigenvalue weighted by atomic mass is 10.3. The number of halogens is 1. The van der Waals surface area contributed by atoms with Crippen molar-refractivity contribution in [2.24, 2.45) is 0 Å². The Bertz CT molecular complexity index is 408. The van der Waals surface area contributed by atoms with E-state index in [9.17, 15) is 14.5 Å². The van der Waals surface area contributed by atoms with Crippen molar-refractivity contribution in [1.29, 1.82) is 0 Å². The maximum atomic E-state index is 13.5. The van der Waals surface area contributed by atoms with Crippen LogP contribution in [0.25, 0.3) is 0 Å². The molecule has 0 N–H and O–H groups in total. The first-order chi connectivity index (χ1) is 8.58. The fourth-order valence-electron chi connectivity index (χ4n) is 1.54. The van der Waals surface area contributed by atoms with Crippen LogP contribution in [0, 0.1) is 15.9 Å². The third-order valence-corrected chi connectivity index (χ3v) is 2.69. The van der Waals surface area contributed by atoms with Crippen LogP contribution < -0.4 is 4.74 Å². The number of ether oxygens (including phenoxy) is 1. The summed E-state index contributed by atoms with van der Waals surface area (Å²) in [4.78, 5) is 11.9. The highest BCUT2D eigenvalue weighted by Gasteiger charge is 2.11. The molecule has 5 nitrogen and oxygen atoms in total. The topological polar surface area (TPSA) is 55.6 Å². The van der Waals surface area contributed by atoms with Crippen LogP contribution in [-0.4, -0.2) is 36.1 Å². The molecule has 0 bridgehead atoms. The molecule has 0 atom stereocenters. The Morgan fingerprint density at radius 1 is 1.39 bits per heavy atom. The first kappa shape index (κ1) is 14.4. The van der Waals surface area contributed by atoms with E-state index in [-0.39, 0.29) is 11.4 Å². The molecule has 0 aliphatic carbocycles. The van der Waals surface area contributed by atoms with Crippen molar-refractivity contribution in [2.75, 3.05) is 26.2 Å². The van der Waals surface area contributed by atoms with Crippen LogP contribution >= 0.6 is 0 Å². The molecule has 0 saturated carbocycles. The SMILES string of the molecule is CCN(CC)CCOc1ccc([N+](=O)[O-])cc1F. The Morgan fingerprint density at radius 2 is 2.06 bits per heavy atom. The van der Waals surface area contributed by atoms with Crippen molar-refractivity contribution < 1.29 is 14.1 Å². The fourth-order valence-corrected chi connectivity index (χ4v) is 1.54. The zero-order valence-corrected chi connectivity index (χ0v) is 10.6. The molecule has 0 fully saturated rings. The van der Waals surface area contributed by atoms with Gasteiger partial charge in [0.2, 0.25) is 0 Å². The monoisotopic (exact) mass is 256 g/mol. The average molecular weight is 256 g/mol. The summed E-state index contributed by atoms with van der Waals surface area (Å²) < 4.78 is 18.7. The molecule has 0 spiro atoms. The van der Waals surface area contributed by atoms with Gasteiger partial charge >= 0.3 is 0 Å². The zero-order chi connectivity index (χ0) is 13.5. The minimum Gasteiger partial charge on any atom is -0.489 e. The molecule has 0 amide bonds. The van der Waals surface area contributed by atoms with Crippen LogP contribution in [-0.2, 0) is 0 Å². The van der Waals surface area contributed by atoms with E-state index in [2.05, 4.69) is 4.90 Å². The number of nitro groups is 1. The molecule has 0 aliphatic heterocycles. The van der Waals surface area contributed by atoms with Gasteiger partial charge < -0.3 is 9.64 Å². The molecule has 0 radical (unpaired) electrons. The summed E-state index contributed by atoms with van der Waals surface area (Å²) in [7, 11) is 0. The van der Waals surface area contributed by atoms with E-state index in [0.717, 1.165) is 19.2 Å². The zero-order valence-electron chi connectivity index (χ0n) is 10.6. The molecule has 100 valence electrons. The van der Waals surface area contributed by atoms with E-state index in [1.165, 1.54) is 12.1 Å². The standard InChI is InChI=1S/C12H17FN2O3/c1-3-14(4-2)7-8-18-12-6-5-10(15(16)17)9-11(12)13/h5-6,9H,3-4,7-8H2,1-2H3. The Balaban J connectivity index is 2.55. The largest absolute Gasteiger partial charge is 0.489 e. The number of rotatable bonds is 7. The van der Waals surface area contributed by atoms with Gasteiger partial charge in [0.15, 0.2) is 11.6 Å². The minimum absolute atomic E-state index is 0.0488. The summed E-state index contributed by atoms with van der Waals surface area (Å²) in [6, 6.07) is 3.39. The van der Waals surface area contributed by atoms with Crippen LogP contribution in [0.15, 0.2) is 18.2 Å². The van der Waals surface area contributed by atoms with E-state index in [1.54, 1.807) is 0 Å². The first-order valence-electron chi connectivity index (χ1n) is 5.87. The van der Waals surface area contributed by atoms with Gasteiger partial charge in [-0.05, 0) is 19.2 Å². The predicted octanol–water partition coefficient (Wildman–Crippen LogP) is 2.45. The summed E-state index contributed by atoms with van der Waals surface area (Å²) in [5.41, 5.74) is -0.274. The highest BCUT2D eigenvalue weighted by atomic mass is 19.1. The van der Waals surface area contributed by atoms with Gasteiger partial charge in [0.25, 0.3) is 5.69 Å². The van der Waals surface area contributed by atoms with Gasteiger partial charge in [-0.3, -0.25) is 10.1 Å². The molecule has 18 heavy (non-hydrogen) atoms. The minimum atomic E-state index is -0.705. The van der Waals surface area contributed by atoms with Crippen molar-refractivity contribution in [3.63, 3.8) is 0 Å². The summed E-state index contributed by atoms with van der Waals surface area (Å²) in [6.45, 7) is 6.94. The van der Waals surface area contributed by atoms with E-state index >= 15 is 0 Å². The van der Waals surface area contributed by atoms with E-state index in [1.807, 2.05) is 13.8 Å². The van der Waals surface area contributed by atoms with E-state index in [4.69, 9.17) is 4.74 Å². The van der Waals surface area contributed by atoms with Crippen LogP contribution in [0.2, 0.25) is 0 Å². The normalized spacial score (nSPS) is 10.7. The van der Waals surface area contributed by atoms with Crippen molar-refractivity contribution in [2.45, 2.75) is 13.8 Å². The lowest BCUT2D eigenvalue weighted by Crippen LogP contribution is -2.28. The van der Waals surface area contributed by atoms with Crippen LogP contribution in [0.3, 0.4) is 0 Å². The quantitative estimate of drug-likeness (QED) is 0.555. The second kappa shape index (κ2) is 6.90. The van der Waals surface area contributed by atoms with Crippen LogP contribution in [0.4, 0.5) is 10.1 Å². The molecule has 0 heterocycles. The summed E-state index contributed by atoms with van der Waals surface area (Å²) in [5.74, 6) is -0.656. The Kier molecular flexibility index (Phi) is 5.51. The molecule has 1 aromatic carbocycles. The number of nitro benzene ring substituents is 1. The second-order valence-corrected chi connectivity index (χ2v) is 3.75. The van der Waals surface area contributed by atoms with E-state index < -0.39 is 10.7 Å². The summed E-state index contributed by atoms with van der Waals surface area (Å²) in [6.07, 6.45) is 0. The van der Waals surface area contributed by atoms with Gasteiger partial charge in [-0.1, -0.05) is 13.8 Å². The molecular weight excluding hydrogens is 239 g/mol. The molecular formula is C12H17FN2O3. The highest BCUT2D eigenvalue weighted by Crippen LogP contribution is 2.22. The number of hydrogen-bond donors (Lipinski definition) is 0. The van der Waals surface area contributed by atoms with Crippen molar-refractivity contribution in [3.8, 4) is 5.75 Å². The maximum absolute atomic E-state index is 13.5. The fraction of sp³-hybridized carbons (Fsp3) is 0.500. The highest BCUT2D eigenvalue weighted by molar-refractivity contribution is 5.37. The third kappa shape index (κ3) is 3.96. The number of non-ortho nitro benzene ring substituents is 1. The average Bonchev–Trinajstić information content (AvgIpc) is 2.36.